The van der Waals surface area contributed by atoms with E-state index in [0.717, 1.165) is 6.16 Å². The number of hydrogen-bond donors (Lipinski definition) is 0. The van der Waals surface area contributed by atoms with Crippen LogP contribution in [0.5, 0.6) is 0 Å². The Morgan fingerprint density at radius 3 is 1.76 bits per heavy atom. The molecule has 4 aromatic rings. The molecule has 0 aliphatic carbocycles. The van der Waals surface area contributed by atoms with Crippen molar-refractivity contribution < 1.29 is 17.1 Å². The molecule has 0 N–H and O–H groups in total. The summed E-state index contributed by atoms with van der Waals surface area (Å²) in [6.07, 6.45) is 1.12. The summed E-state index contributed by atoms with van der Waals surface area (Å²) in [7, 11) is -0.290. The van der Waals surface area contributed by atoms with Gasteiger partial charge in [0.15, 0.2) is 0 Å². The molecule has 2 heteroatoms. The first kappa shape index (κ1) is 19.4. The molecule has 0 aliphatic heterocycles. The van der Waals surface area contributed by atoms with Gasteiger partial charge in [-0.3, -0.25) is 0 Å². The first-order valence-corrected chi connectivity index (χ1v) is 9.71. The SMILES string of the molecule is [Fe+2].c1cc[cH-]c1.c1ccc(CP(c2ccccc2)[c-]2cccc2)cc1. The molecule has 0 saturated carbocycles. The molecule has 1 unspecified atom stereocenters. The maximum Gasteiger partial charge on any atom is 2.00 e. The number of benzene rings is 2. The van der Waals surface area contributed by atoms with E-state index in [2.05, 4.69) is 84.9 Å². The summed E-state index contributed by atoms with van der Waals surface area (Å²) in [5.41, 5.74) is 1.42. The van der Waals surface area contributed by atoms with Crippen LogP contribution in [-0.2, 0) is 23.2 Å². The van der Waals surface area contributed by atoms with E-state index in [-0.39, 0.29) is 25.0 Å². The fourth-order valence-electron chi connectivity index (χ4n) is 2.57. The summed E-state index contributed by atoms with van der Waals surface area (Å²) in [6, 6.07) is 40.4. The van der Waals surface area contributed by atoms with Crippen LogP contribution in [0.15, 0.2) is 115 Å². The molecule has 4 aromatic carbocycles. The second-order valence-corrected chi connectivity index (χ2v) is 7.72. The maximum absolute atomic E-state index is 2.25. The zero-order valence-corrected chi connectivity index (χ0v) is 16.0. The quantitative estimate of drug-likeness (QED) is 0.250. The third-order valence-electron chi connectivity index (χ3n) is 3.76. The zero-order valence-electron chi connectivity index (χ0n) is 14.0. The van der Waals surface area contributed by atoms with Crippen LogP contribution >= 0.6 is 7.92 Å². The third-order valence-corrected chi connectivity index (χ3v) is 6.29. The second-order valence-electron chi connectivity index (χ2n) is 5.51. The van der Waals surface area contributed by atoms with Gasteiger partial charge in [-0.1, -0.05) is 68.6 Å². The minimum absolute atomic E-state index is 0. The molecular weight excluding hydrogens is 363 g/mol. The molecular formula is C23H21FeP. The van der Waals surface area contributed by atoms with E-state index in [0.29, 0.717) is 0 Å². The Morgan fingerprint density at radius 2 is 1.24 bits per heavy atom. The molecule has 1 atom stereocenters. The molecule has 0 amide bonds. The molecule has 0 radical (unpaired) electrons. The Bertz CT molecular complexity index is 758. The zero-order chi connectivity index (χ0) is 16.5. The van der Waals surface area contributed by atoms with Gasteiger partial charge in [-0.25, -0.2) is 24.3 Å². The van der Waals surface area contributed by atoms with Crippen molar-refractivity contribution in [1.82, 2.24) is 0 Å². The van der Waals surface area contributed by atoms with Crippen LogP contribution in [0.4, 0.5) is 0 Å². The molecule has 0 nitrogen and oxygen atoms in total. The molecule has 0 bridgehead atoms. The van der Waals surface area contributed by atoms with Gasteiger partial charge in [-0.05, 0) is 17.0 Å². The predicted octanol–water partition coefficient (Wildman–Crippen LogP) is 5.44. The molecule has 25 heavy (non-hydrogen) atoms. The van der Waals surface area contributed by atoms with E-state index in [1.165, 1.54) is 16.2 Å². The van der Waals surface area contributed by atoms with Gasteiger partial charge >= 0.3 is 17.1 Å². The summed E-state index contributed by atoms with van der Waals surface area (Å²) < 4.78 is 0. The largest absolute Gasteiger partial charge is 2.00 e. The first-order chi connectivity index (χ1) is 11.9. The molecule has 0 spiro atoms. The Balaban J connectivity index is 0.000000325. The fraction of sp³-hybridized carbons (Fsp3) is 0.0435. The van der Waals surface area contributed by atoms with Crippen LogP contribution in [0.3, 0.4) is 0 Å². The van der Waals surface area contributed by atoms with Crippen molar-refractivity contribution in [3.63, 3.8) is 0 Å². The van der Waals surface area contributed by atoms with Crippen molar-refractivity contribution in [3.8, 4) is 0 Å². The molecule has 0 saturated heterocycles. The Morgan fingerprint density at radius 1 is 0.680 bits per heavy atom. The topological polar surface area (TPSA) is 0 Å². The number of hydrogen-bond acceptors (Lipinski definition) is 0. The molecule has 0 aromatic heterocycles. The van der Waals surface area contributed by atoms with Gasteiger partial charge in [0.05, 0.1) is 0 Å². The van der Waals surface area contributed by atoms with E-state index >= 15 is 0 Å². The summed E-state index contributed by atoms with van der Waals surface area (Å²) in [5, 5.41) is 2.91. The normalized spacial score (nSPS) is 10.9. The summed E-state index contributed by atoms with van der Waals surface area (Å²) in [5.74, 6) is 0. The van der Waals surface area contributed by atoms with Gasteiger partial charge in [0, 0.05) is 0 Å². The summed E-state index contributed by atoms with van der Waals surface area (Å²) in [4.78, 5) is 0. The van der Waals surface area contributed by atoms with Gasteiger partial charge in [0.2, 0.25) is 0 Å². The molecule has 4 rings (SSSR count). The molecule has 126 valence electrons. The van der Waals surface area contributed by atoms with Crippen molar-refractivity contribution in [2.24, 2.45) is 0 Å². The van der Waals surface area contributed by atoms with Gasteiger partial charge in [0.25, 0.3) is 0 Å². The molecule has 0 heterocycles. The first-order valence-electron chi connectivity index (χ1n) is 8.18. The minimum atomic E-state index is -0.290. The van der Waals surface area contributed by atoms with E-state index in [9.17, 15) is 0 Å². The van der Waals surface area contributed by atoms with Crippen molar-refractivity contribution >= 4 is 18.5 Å². The van der Waals surface area contributed by atoms with Crippen LogP contribution in [0, 0.1) is 0 Å². The summed E-state index contributed by atoms with van der Waals surface area (Å²) in [6.45, 7) is 0. The van der Waals surface area contributed by atoms with Gasteiger partial charge in [-0.2, -0.15) is 30.3 Å². The van der Waals surface area contributed by atoms with Crippen LogP contribution in [0.2, 0.25) is 0 Å². The molecule has 0 fully saturated rings. The van der Waals surface area contributed by atoms with Crippen LogP contribution in [-0.4, -0.2) is 0 Å². The standard InChI is InChI=1S/C18H16P.C5H5.Fe/c1-3-9-16(10-4-1)15-19(18-13-7-8-14-18)17-11-5-2-6-12-17;1-2-4-5-3-1;/h1-14H,15H2;1-5H;/q2*-1;+2. The fourth-order valence-corrected chi connectivity index (χ4v) is 4.87. The van der Waals surface area contributed by atoms with Gasteiger partial charge < -0.3 is 0 Å². The second kappa shape index (κ2) is 10.9. The van der Waals surface area contributed by atoms with Crippen molar-refractivity contribution in [1.29, 1.82) is 0 Å². The van der Waals surface area contributed by atoms with Gasteiger partial charge in [0.1, 0.15) is 0 Å². The van der Waals surface area contributed by atoms with Crippen LogP contribution in [0.1, 0.15) is 5.56 Å². The smallest absolute Gasteiger partial charge is 0.214 e. The van der Waals surface area contributed by atoms with Crippen molar-refractivity contribution in [3.05, 3.63) is 121 Å². The predicted molar refractivity (Wildman–Crippen MR) is 107 cm³/mol. The Kier molecular flexibility index (Phi) is 8.43. The van der Waals surface area contributed by atoms with Crippen molar-refractivity contribution in [2.75, 3.05) is 0 Å². The van der Waals surface area contributed by atoms with E-state index in [4.69, 9.17) is 0 Å². The minimum Gasteiger partial charge on any atom is -0.214 e. The van der Waals surface area contributed by atoms with Crippen molar-refractivity contribution in [2.45, 2.75) is 6.16 Å². The van der Waals surface area contributed by atoms with Crippen LogP contribution in [0.25, 0.3) is 0 Å². The van der Waals surface area contributed by atoms with Gasteiger partial charge in [-0.15, -0.1) is 5.30 Å². The van der Waals surface area contributed by atoms with E-state index in [1.54, 1.807) is 0 Å². The Hall–Kier alpha value is -1.91. The third kappa shape index (κ3) is 6.14. The maximum atomic E-state index is 2.25. The molecule has 0 aliphatic rings. The van der Waals surface area contributed by atoms with E-state index < -0.39 is 0 Å². The average molecular weight is 384 g/mol. The average Bonchev–Trinajstić information content (AvgIpc) is 3.37. The Labute approximate surface area is 162 Å². The van der Waals surface area contributed by atoms with E-state index in [1.807, 2.05) is 30.3 Å². The summed E-state index contributed by atoms with van der Waals surface area (Å²) >= 11 is 0. The van der Waals surface area contributed by atoms with Crippen LogP contribution < -0.4 is 10.6 Å². The number of rotatable bonds is 4. The monoisotopic (exact) mass is 384 g/mol.